The third-order valence-corrected chi connectivity index (χ3v) is 5.96. The zero-order chi connectivity index (χ0) is 21.3. The van der Waals surface area contributed by atoms with Crippen LogP contribution in [0.3, 0.4) is 0 Å². The van der Waals surface area contributed by atoms with Crippen LogP contribution in [0.15, 0.2) is 24.3 Å². The fourth-order valence-electron chi connectivity index (χ4n) is 3.33. The standard InChI is InChI=1S/C19H17F4N5OS/c20-11-5-7-12(8-6-11)28-17(19(21,22)23)16(26-27-28)18(29)24-10-9-15-25-13-3-1-2-4-14(13)30-15/h5-8H,1-4,9-10H2,(H,24,29). The van der Waals surface area contributed by atoms with Crippen molar-refractivity contribution in [2.45, 2.75) is 38.3 Å². The minimum absolute atomic E-state index is 0.0522. The lowest BCUT2D eigenvalue weighted by molar-refractivity contribution is -0.143. The monoisotopic (exact) mass is 439 g/mol. The molecular weight excluding hydrogens is 422 g/mol. The molecule has 2 heterocycles. The number of amides is 1. The first kappa shape index (κ1) is 20.5. The highest BCUT2D eigenvalue weighted by atomic mass is 32.1. The quantitative estimate of drug-likeness (QED) is 0.615. The molecule has 1 aliphatic carbocycles. The van der Waals surface area contributed by atoms with E-state index in [0.717, 1.165) is 60.7 Å². The second-order valence-electron chi connectivity index (χ2n) is 6.86. The topological polar surface area (TPSA) is 72.7 Å². The van der Waals surface area contributed by atoms with Crippen LogP contribution in [0.4, 0.5) is 17.6 Å². The van der Waals surface area contributed by atoms with Crippen molar-refractivity contribution in [1.29, 1.82) is 0 Å². The molecular formula is C19H17F4N5OS. The molecule has 0 radical (unpaired) electrons. The summed E-state index contributed by atoms with van der Waals surface area (Å²) < 4.78 is 54.4. The maximum atomic E-state index is 13.6. The largest absolute Gasteiger partial charge is 0.435 e. The van der Waals surface area contributed by atoms with E-state index >= 15 is 0 Å². The summed E-state index contributed by atoms with van der Waals surface area (Å²) in [5.41, 5.74) is -1.10. The maximum absolute atomic E-state index is 13.6. The van der Waals surface area contributed by atoms with Gasteiger partial charge in [-0.2, -0.15) is 13.2 Å². The average molecular weight is 439 g/mol. The SMILES string of the molecule is O=C(NCCc1nc2c(s1)CCCC2)c1nnn(-c2ccc(F)cc2)c1C(F)(F)F. The summed E-state index contributed by atoms with van der Waals surface area (Å²) >= 11 is 1.59. The van der Waals surface area contributed by atoms with E-state index in [4.69, 9.17) is 0 Å². The van der Waals surface area contributed by atoms with Crippen molar-refractivity contribution in [3.63, 3.8) is 0 Å². The van der Waals surface area contributed by atoms with Gasteiger partial charge in [0.15, 0.2) is 11.4 Å². The van der Waals surface area contributed by atoms with E-state index < -0.39 is 29.3 Å². The van der Waals surface area contributed by atoms with E-state index in [-0.39, 0.29) is 12.2 Å². The number of alkyl halides is 3. The third-order valence-electron chi connectivity index (χ3n) is 4.74. The molecule has 1 aliphatic rings. The minimum Gasteiger partial charge on any atom is -0.350 e. The predicted octanol–water partition coefficient (Wildman–Crippen LogP) is 3.73. The van der Waals surface area contributed by atoms with Gasteiger partial charge in [0.05, 0.1) is 16.4 Å². The van der Waals surface area contributed by atoms with E-state index in [1.54, 1.807) is 11.3 Å². The van der Waals surface area contributed by atoms with Crippen LogP contribution in [-0.2, 0) is 25.4 Å². The summed E-state index contributed by atoms with van der Waals surface area (Å²) in [4.78, 5) is 18.2. The number of hydrogen-bond acceptors (Lipinski definition) is 5. The Morgan fingerprint density at radius 2 is 1.90 bits per heavy atom. The normalized spacial score (nSPS) is 13.9. The number of carbonyl (C=O) groups excluding carboxylic acids is 1. The maximum Gasteiger partial charge on any atom is 0.435 e. The molecule has 0 fully saturated rings. The first-order valence-corrected chi connectivity index (χ1v) is 10.2. The molecule has 1 amide bonds. The van der Waals surface area contributed by atoms with Gasteiger partial charge in [-0.1, -0.05) is 5.21 Å². The van der Waals surface area contributed by atoms with Crippen LogP contribution in [0.25, 0.3) is 5.69 Å². The van der Waals surface area contributed by atoms with Gasteiger partial charge in [0.1, 0.15) is 5.82 Å². The molecule has 1 N–H and O–H groups in total. The van der Waals surface area contributed by atoms with E-state index in [1.807, 2.05) is 0 Å². The van der Waals surface area contributed by atoms with Gasteiger partial charge in [-0.05, 0) is 49.9 Å². The summed E-state index contributed by atoms with van der Waals surface area (Å²) in [5, 5.41) is 10.2. The minimum atomic E-state index is -4.88. The number of halogens is 4. The number of carbonyl (C=O) groups is 1. The van der Waals surface area contributed by atoms with E-state index in [1.165, 1.54) is 4.88 Å². The second-order valence-corrected chi connectivity index (χ2v) is 8.03. The molecule has 4 rings (SSSR count). The van der Waals surface area contributed by atoms with Gasteiger partial charge >= 0.3 is 6.18 Å². The fraction of sp³-hybridized carbons (Fsp3) is 0.368. The van der Waals surface area contributed by atoms with Crippen LogP contribution in [0.2, 0.25) is 0 Å². The van der Waals surface area contributed by atoms with Crippen molar-refractivity contribution in [1.82, 2.24) is 25.3 Å². The zero-order valence-corrected chi connectivity index (χ0v) is 16.5. The number of nitrogens with zero attached hydrogens (tertiary/aromatic N) is 4. The van der Waals surface area contributed by atoms with Crippen molar-refractivity contribution >= 4 is 17.2 Å². The van der Waals surface area contributed by atoms with Gasteiger partial charge < -0.3 is 5.32 Å². The van der Waals surface area contributed by atoms with Gasteiger partial charge in [0.2, 0.25) is 0 Å². The highest BCUT2D eigenvalue weighted by molar-refractivity contribution is 7.11. The Hall–Kier alpha value is -2.82. The first-order valence-electron chi connectivity index (χ1n) is 9.37. The molecule has 30 heavy (non-hydrogen) atoms. The van der Waals surface area contributed by atoms with E-state index in [2.05, 4.69) is 20.6 Å². The van der Waals surface area contributed by atoms with Gasteiger partial charge in [-0.15, -0.1) is 16.4 Å². The molecule has 0 saturated carbocycles. The number of fused-ring (bicyclic) bond motifs is 1. The lowest BCUT2D eigenvalue weighted by Gasteiger charge is -2.11. The number of benzene rings is 1. The van der Waals surface area contributed by atoms with Crippen LogP contribution in [0.5, 0.6) is 0 Å². The number of nitrogens with one attached hydrogen (secondary N) is 1. The van der Waals surface area contributed by atoms with Crippen molar-refractivity contribution < 1.29 is 22.4 Å². The second kappa shape index (κ2) is 8.13. The number of aromatic nitrogens is 4. The lowest BCUT2D eigenvalue weighted by atomic mass is 10.0. The van der Waals surface area contributed by atoms with Crippen molar-refractivity contribution in [2.24, 2.45) is 0 Å². The van der Waals surface area contributed by atoms with Gasteiger partial charge in [-0.25, -0.2) is 14.1 Å². The lowest BCUT2D eigenvalue weighted by Crippen LogP contribution is -2.29. The van der Waals surface area contributed by atoms with Crippen LogP contribution in [-0.4, -0.2) is 32.4 Å². The molecule has 0 spiro atoms. The molecule has 6 nitrogen and oxygen atoms in total. The number of hydrogen-bond donors (Lipinski definition) is 1. The smallest absolute Gasteiger partial charge is 0.350 e. The van der Waals surface area contributed by atoms with Gasteiger partial charge in [0.25, 0.3) is 5.91 Å². The van der Waals surface area contributed by atoms with Crippen LogP contribution in [0, 0.1) is 5.82 Å². The number of thiazole rings is 1. The van der Waals surface area contributed by atoms with Gasteiger partial charge in [-0.3, -0.25) is 4.79 Å². The first-order chi connectivity index (χ1) is 14.3. The highest BCUT2D eigenvalue weighted by Gasteiger charge is 2.42. The van der Waals surface area contributed by atoms with Crippen molar-refractivity contribution in [2.75, 3.05) is 6.54 Å². The Labute approximate surface area is 172 Å². The summed E-state index contributed by atoms with van der Waals surface area (Å²) in [7, 11) is 0. The van der Waals surface area contributed by atoms with Crippen molar-refractivity contribution in [3.05, 3.63) is 57.0 Å². The summed E-state index contributed by atoms with van der Waals surface area (Å²) in [6.45, 7) is 0.131. The Morgan fingerprint density at radius 1 is 1.17 bits per heavy atom. The molecule has 0 aliphatic heterocycles. The zero-order valence-electron chi connectivity index (χ0n) is 15.7. The number of aryl methyl sites for hydroxylation is 2. The molecule has 158 valence electrons. The molecule has 1 aromatic carbocycles. The molecule has 2 aromatic heterocycles. The predicted molar refractivity (Wildman–Crippen MR) is 101 cm³/mol. The molecule has 0 unspecified atom stereocenters. The van der Waals surface area contributed by atoms with E-state index in [0.29, 0.717) is 11.1 Å². The molecule has 0 bridgehead atoms. The van der Waals surface area contributed by atoms with Crippen LogP contribution < -0.4 is 5.32 Å². The third kappa shape index (κ3) is 4.20. The molecule has 0 atom stereocenters. The van der Waals surface area contributed by atoms with Gasteiger partial charge in [0, 0.05) is 17.8 Å². The summed E-state index contributed by atoms with van der Waals surface area (Å²) in [5.74, 6) is -1.58. The van der Waals surface area contributed by atoms with E-state index in [9.17, 15) is 22.4 Å². The summed E-state index contributed by atoms with van der Waals surface area (Å²) in [6.07, 6.45) is -0.262. The Bertz CT molecular complexity index is 1030. The molecule has 3 aromatic rings. The van der Waals surface area contributed by atoms with Crippen LogP contribution >= 0.6 is 11.3 Å². The summed E-state index contributed by atoms with van der Waals surface area (Å²) in [6, 6.07) is 4.27. The molecule has 11 heteroatoms. The molecule has 0 saturated heterocycles. The fourth-order valence-corrected chi connectivity index (χ4v) is 4.49. The highest BCUT2D eigenvalue weighted by Crippen LogP contribution is 2.33. The Kier molecular flexibility index (Phi) is 5.54. The Morgan fingerprint density at radius 3 is 2.60 bits per heavy atom. The number of rotatable bonds is 5. The average Bonchev–Trinajstić information content (AvgIpc) is 3.32. The van der Waals surface area contributed by atoms with Crippen molar-refractivity contribution in [3.8, 4) is 5.69 Å². The Balaban J connectivity index is 1.49. The van der Waals surface area contributed by atoms with Crippen LogP contribution in [0.1, 0.15) is 44.6 Å².